The van der Waals surface area contributed by atoms with Crippen LogP contribution in [0.4, 0.5) is 0 Å². The van der Waals surface area contributed by atoms with Gasteiger partial charge >= 0.3 is 0 Å². The van der Waals surface area contributed by atoms with E-state index in [1.807, 2.05) is 0 Å². The Hall–Kier alpha value is -0.0800. The largest absolute Gasteiger partial charge is 0.327 e. The predicted octanol–water partition coefficient (Wildman–Crippen LogP) is 2.23. The highest BCUT2D eigenvalue weighted by Crippen LogP contribution is 2.29. The molecular weight excluding hydrogens is 172 g/mol. The molecule has 0 aliphatic heterocycles. The van der Waals surface area contributed by atoms with Crippen LogP contribution in [-0.2, 0) is 0 Å². The van der Waals surface area contributed by atoms with Crippen molar-refractivity contribution in [3.05, 3.63) is 0 Å². The summed E-state index contributed by atoms with van der Waals surface area (Å²) >= 11 is 0. The summed E-state index contributed by atoms with van der Waals surface area (Å²) in [6.45, 7) is 10.1. The van der Waals surface area contributed by atoms with Gasteiger partial charge in [0.05, 0.1) is 0 Å². The third-order valence-corrected chi connectivity index (χ3v) is 3.30. The lowest BCUT2D eigenvalue weighted by atomic mass is 10.1. The molecule has 1 saturated carbocycles. The first-order chi connectivity index (χ1) is 6.50. The predicted molar refractivity (Wildman–Crippen MR) is 62.3 cm³/mol. The minimum atomic E-state index is 0.299. The van der Waals surface area contributed by atoms with Crippen molar-refractivity contribution in [2.45, 2.75) is 65.1 Å². The molecule has 1 fully saturated rings. The van der Waals surface area contributed by atoms with E-state index in [9.17, 15) is 0 Å². The highest BCUT2D eigenvalue weighted by molar-refractivity contribution is 4.84. The Bertz CT molecular complexity index is 166. The fourth-order valence-corrected chi connectivity index (χ4v) is 2.59. The molecule has 1 aliphatic rings. The van der Waals surface area contributed by atoms with Crippen LogP contribution in [-0.4, -0.2) is 29.6 Å². The van der Waals surface area contributed by atoms with Crippen molar-refractivity contribution in [3.8, 4) is 0 Å². The van der Waals surface area contributed by atoms with Crippen molar-refractivity contribution in [1.29, 1.82) is 0 Å². The minimum Gasteiger partial charge on any atom is -0.327 e. The fourth-order valence-electron chi connectivity index (χ4n) is 2.59. The molecule has 3 unspecified atom stereocenters. The maximum absolute atomic E-state index is 5.89. The van der Waals surface area contributed by atoms with Gasteiger partial charge in [-0.15, -0.1) is 0 Å². The molecule has 0 aromatic heterocycles. The van der Waals surface area contributed by atoms with E-state index in [4.69, 9.17) is 5.73 Å². The Morgan fingerprint density at radius 1 is 1.29 bits per heavy atom. The smallest absolute Gasteiger partial charge is 0.0139 e. The maximum atomic E-state index is 5.89. The number of hydrogen-bond acceptors (Lipinski definition) is 2. The van der Waals surface area contributed by atoms with Gasteiger partial charge in [-0.2, -0.15) is 0 Å². The Kier molecular flexibility index (Phi) is 4.39. The van der Waals surface area contributed by atoms with E-state index in [-0.39, 0.29) is 0 Å². The molecule has 3 atom stereocenters. The molecule has 1 rings (SSSR count). The molecule has 0 heterocycles. The second kappa shape index (κ2) is 5.13. The van der Waals surface area contributed by atoms with Gasteiger partial charge in [-0.3, -0.25) is 4.90 Å². The molecule has 2 N–H and O–H groups in total. The number of hydrogen-bond donors (Lipinski definition) is 1. The number of nitrogens with zero attached hydrogens (tertiary/aromatic N) is 1. The van der Waals surface area contributed by atoms with Crippen molar-refractivity contribution in [2.24, 2.45) is 11.7 Å². The third kappa shape index (κ3) is 3.25. The molecule has 0 amide bonds. The summed E-state index contributed by atoms with van der Waals surface area (Å²) in [4.78, 5) is 2.59. The van der Waals surface area contributed by atoms with Crippen LogP contribution in [0.3, 0.4) is 0 Å². The molecule has 0 radical (unpaired) electrons. The number of rotatable bonds is 4. The highest BCUT2D eigenvalue weighted by atomic mass is 15.2. The normalized spacial score (nSPS) is 30.2. The lowest BCUT2D eigenvalue weighted by Crippen LogP contribution is -2.45. The molecule has 0 bridgehead atoms. The van der Waals surface area contributed by atoms with Crippen LogP contribution in [0.1, 0.15) is 47.0 Å². The molecule has 1 aliphatic carbocycles. The minimum absolute atomic E-state index is 0.299. The van der Waals surface area contributed by atoms with Crippen LogP contribution in [0.5, 0.6) is 0 Å². The van der Waals surface area contributed by atoms with E-state index in [1.165, 1.54) is 19.3 Å². The van der Waals surface area contributed by atoms with Gasteiger partial charge in [-0.05, 0) is 46.0 Å². The van der Waals surface area contributed by atoms with Gasteiger partial charge in [0, 0.05) is 24.7 Å². The Labute approximate surface area is 88.8 Å². The lowest BCUT2D eigenvalue weighted by Gasteiger charge is -2.34. The molecular formula is C12H26N2. The van der Waals surface area contributed by atoms with Crippen LogP contribution >= 0.6 is 0 Å². The average Bonchev–Trinajstić information content (AvgIpc) is 2.46. The van der Waals surface area contributed by atoms with Crippen LogP contribution in [0, 0.1) is 5.92 Å². The van der Waals surface area contributed by atoms with E-state index in [0.29, 0.717) is 12.1 Å². The summed E-state index contributed by atoms with van der Waals surface area (Å²) in [6, 6.07) is 1.72. The Balaban J connectivity index is 2.50. The zero-order chi connectivity index (χ0) is 10.7. The second-order valence-corrected chi connectivity index (χ2v) is 5.34. The summed E-state index contributed by atoms with van der Waals surface area (Å²) in [5, 5.41) is 0. The standard InChI is InChI=1S/C12H26N2/c1-9(2)14(8-11(4)13)12-6-5-10(3)7-12/h9-12H,5-8,13H2,1-4H3. The monoisotopic (exact) mass is 198 g/mol. The molecule has 0 saturated heterocycles. The van der Waals surface area contributed by atoms with Gasteiger partial charge in [0.15, 0.2) is 0 Å². The van der Waals surface area contributed by atoms with Crippen LogP contribution < -0.4 is 5.73 Å². The topological polar surface area (TPSA) is 29.3 Å². The first-order valence-corrected chi connectivity index (χ1v) is 6.02. The first-order valence-electron chi connectivity index (χ1n) is 6.02. The van der Waals surface area contributed by atoms with Crippen molar-refractivity contribution < 1.29 is 0 Å². The van der Waals surface area contributed by atoms with Crippen LogP contribution in [0.15, 0.2) is 0 Å². The van der Waals surface area contributed by atoms with E-state index < -0.39 is 0 Å². The van der Waals surface area contributed by atoms with E-state index in [0.717, 1.165) is 18.5 Å². The van der Waals surface area contributed by atoms with Crippen molar-refractivity contribution in [3.63, 3.8) is 0 Å². The van der Waals surface area contributed by atoms with Gasteiger partial charge < -0.3 is 5.73 Å². The Morgan fingerprint density at radius 3 is 2.29 bits per heavy atom. The van der Waals surface area contributed by atoms with Crippen LogP contribution in [0.2, 0.25) is 0 Å². The molecule has 0 aromatic rings. The molecule has 2 heteroatoms. The second-order valence-electron chi connectivity index (χ2n) is 5.34. The molecule has 2 nitrogen and oxygen atoms in total. The Morgan fingerprint density at radius 2 is 1.93 bits per heavy atom. The van der Waals surface area contributed by atoms with Crippen molar-refractivity contribution in [1.82, 2.24) is 4.90 Å². The van der Waals surface area contributed by atoms with Gasteiger partial charge in [0.2, 0.25) is 0 Å². The quantitative estimate of drug-likeness (QED) is 0.750. The maximum Gasteiger partial charge on any atom is 0.0139 e. The summed E-state index contributed by atoms with van der Waals surface area (Å²) < 4.78 is 0. The molecule has 84 valence electrons. The zero-order valence-corrected chi connectivity index (χ0v) is 10.2. The zero-order valence-electron chi connectivity index (χ0n) is 10.2. The van der Waals surface area contributed by atoms with E-state index in [1.54, 1.807) is 0 Å². The van der Waals surface area contributed by atoms with Crippen LogP contribution in [0.25, 0.3) is 0 Å². The number of nitrogens with two attached hydrogens (primary N) is 1. The summed E-state index contributed by atoms with van der Waals surface area (Å²) in [5.41, 5.74) is 5.89. The van der Waals surface area contributed by atoms with Gasteiger partial charge in [-0.1, -0.05) is 6.92 Å². The lowest BCUT2D eigenvalue weighted by molar-refractivity contribution is 0.145. The van der Waals surface area contributed by atoms with Gasteiger partial charge in [-0.25, -0.2) is 0 Å². The van der Waals surface area contributed by atoms with Gasteiger partial charge in [0.1, 0.15) is 0 Å². The highest BCUT2D eigenvalue weighted by Gasteiger charge is 2.28. The molecule has 0 spiro atoms. The SMILES string of the molecule is CC(N)CN(C(C)C)C1CCC(C)C1. The summed E-state index contributed by atoms with van der Waals surface area (Å²) in [6.07, 6.45) is 4.13. The van der Waals surface area contributed by atoms with Crippen molar-refractivity contribution in [2.75, 3.05) is 6.54 Å². The van der Waals surface area contributed by atoms with E-state index >= 15 is 0 Å². The first kappa shape index (κ1) is 12.0. The summed E-state index contributed by atoms with van der Waals surface area (Å²) in [5.74, 6) is 0.911. The van der Waals surface area contributed by atoms with Crippen molar-refractivity contribution >= 4 is 0 Å². The van der Waals surface area contributed by atoms with Gasteiger partial charge in [0.25, 0.3) is 0 Å². The fraction of sp³-hybridized carbons (Fsp3) is 1.00. The summed E-state index contributed by atoms with van der Waals surface area (Å²) in [7, 11) is 0. The third-order valence-electron chi connectivity index (χ3n) is 3.30. The molecule has 14 heavy (non-hydrogen) atoms. The average molecular weight is 198 g/mol. The molecule has 0 aromatic carbocycles. The van der Waals surface area contributed by atoms with E-state index in [2.05, 4.69) is 32.6 Å².